The number of ketones is 1. The van der Waals surface area contributed by atoms with Crippen molar-refractivity contribution in [2.24, 2.45) is 0 Å². The second-order valence-electron chi connectivity index (χ2n) is 6.52. The topological polar surface area (TPSA) is 20.3 Å². The van der Waals surface area contributed by atoms with Gasteiger partial charge in [-0.3, -0.25) is 4.79 Å². The van der Waals surface area contributed by atoms with Gasteiger partial charge in [-0.15, -0.1) is 0 Å². The molecule has 1 aliphatic heterocycles. The molecule has 0 spiro atoms. The van der Waals surface area contributed by atoms with Crippen LogP contribution in [-0.2, 0) is 0 Å². The van der Waals surface area contributed by atoms with E-state index in [1.165, 1.54) is 39.0 Å². The van der Waals surface area contributed by atoms with Crippen LogP contribution in [0.1, 0.15) is 23.7 Å². The molecule has 1 aliphatic rings. The van der Waals surface area contributed by atoms with Gasteiger partial charge in [-0.25, -0.2) is 0 Å². The SMILES string of the molecule is CC(=O)c1ccc2ccc3ccc(N4CCC4)c4ccc1c2c34. The molecule has 0 N–H and O–H groups in total. The van der Waals surface area contributed by atoms with Crippen molar-refractivity contribution < 1.29 is 4.79 Å². The molecule has 5 rings (SSSR count). The molecular weight excluding hydrogens is 282 g/mol. The Kier molecular flexibility index (Phi) is 2.49. The molecule has 0 radical (unpaired) electrons. The van der Waals surface area contributed by atoms with Crippen LogP contribution in [0.3, 0.4) is 0 Å². The molecule has 0 unspecified atom stereocenters. The summed E-state index contributed by atoms with van der Waals surface area (Å²) in [5.41, 5.74) is 2.15. The fourth-order valence-corrected chi connectivity index (χ4v) is 3.93. The first-order valence-corrected chi connectivity index (χ1v) is 8.20. The molecule has 1 fully saturated rings. The van der Waals surface area contributed by atoms with Crippen LogP contribution in [-0.4, -0.2) is 18.9 Å². The maximum Gasteiger partial charge on any atom is 0.160 e. The van der Waals surface area contributed by atoms with Crippen molar-refractivity contribution in [1.82, 2.24) is 0 Å². The first-order valence-electron chi connectivity index (χ1n) is 8.20. The van der Waals surface area contributed by atoms with Crippen molar-refractivity contribution in [3.05, 3.63) is 54.1 Å². The molecule has 2 nitrogen and oxygen atoms in total. The molecule has 0 aromatic heterocycles. The number of anilines is 1. The van der Waals surface area contributed by atoms with Crippen LogP contribution in [0, 0.1) is 0 Å². The highest BCUT2D eigenvalue weighted by Crippen LogP contribution is 2.40. The third kappa shape index (κ3) is 1.66. The lowest BCUT2D eigenvalue weighted by Crippen LogP contribution is -2.37. The zero-order chi connectivity index (χ0) is 15.6. The number of hydrogen-bond donors (Lipinski definition) is 0. The van der Waals surface area contributed by atoms with Crippen molar-refractivity contribution >= 4 is 43.8 Å². The fraction of sp³-hybridized carbons (Fsp3) is 0.190. The van der Waals surface area contributed by atoms with Gasteiger partial charge in [0.2, 0.25) is 0 Å². The summed E-state index contributed by atoms with van der Waals surface area (Å²) in [7, 11) is 0. The normalized spacial score (nSPS) is 14.7. The quantitative estimate of drug-likeness (QED) is 0.383. The van der Waals surface area contributed by atoms with E-state index in [1.807, 2.05) is 6.07 Å². The maximum absolute atomic E-state index is 12.0. The minimum atomic E-state index is 0.130. The molecule has 4 aromatic rings. The Hall–Kier alpha value is -2.61. The third-order valence-corrected chi connectivity index (χ3v) is 5.22. The van der Waals surface area contributed by atoms with Gasteiger partial charge in [-0.05, 0) is 46.3 Å². The fourth-order valence-electron chi connectivity index (χ4n) is 3.93. The Bertz CT molecular complexity index is 1080. The summed E-state index contributed by atoms with van der Waals surface area (Å²) in [6, 6.07) is 17.2. The molecule has 1 saturated heterocycles. The second kappa shape index (κ2) is 4.45. The molecule has 23 heavy (non-hydrogen) atoms. The van der Waals surface area contributed by atoms with Crippen LogP contribution >= 0.6 is 0 Å². The number of hydrogen-bond acceptors (Lipinski definition) is 2. The van der Waals surface area contributed by atoms with Gasteiger partial charge in [0.1, 0.15) is 0 Å². The highest BCUT2D eigenvalue weighted by molar-refractivity contribution is 6.28. The van der Waals surface area contributed by atoms with Crippen molar-refractivity contribution in [2.75, 3.05) is 18.0 Å². The molecule has 0 bridgehead atoms. The summed E-state index contributed by atoms with van der Waals surface area (Å²) >= 11 is 0. The van der Waals surface area contributed by atoms with Crippen molar-refractivity contribution in [1.29, 1.82) is 0 Å². The molecule has 2 heteroatoms. The number of Topliss-reactive ketones (excluding diaryl/α,β-unsaturated/α-hetero) is 1. The van der Waals surface area contributed by atoms with E-state index in [9.17, 15) is 4.79 Å². The van der Waals surface area contributed by atoms with Crippen LogP contribution in [0.25, 0.3) is 32.3 Å². The van der Waals surface area contributed by atoms with Gasteiger partial charge >= 0.3 is 0 Å². The van der Waals surface area contributed by atoms with Crippen molar-refractivity contribution in [3.63, 3.8) is 0 Å². The van der Waals surface area contributed by atoms with Crippen LogP contribution in [0.4, 0.5) is 5.69 Å². The van der Waals surface area contributed by atoms with E-state index in [-0.39, 0.29) is 5.78 Å². The van der Waals surface area contributed by atoms with Gasteiger partial charge in [-0.1, -0.05) is 42.5 Å². The van der Waals surface area contributed by atoms with E-state index in [0.29, 0.717) is 0 Å². The van der Waals surface area contributed by atoms with E-state index in [4.69, 9.17) is 0 Å². The molecule has 0 saturated carbocycles. The molecule has 4 aromatic carbocycles. The first kappa shape index (κ1) is 12.9. The maximum atomic E-state index is 12.0. The lowest BCUT2D eigenvalue weighted by atomic mass is 9.90. The van der Waals surface area contributed by atoms with Crippen molar-refractivity contribution in [2.45, 2.75) is 13.3 Å². The number of carbonyl (C=O) groups excluding carboxylic acids is 1. The van der Waals surface area contributed by atoms with Crippen LogP contribution in [0.5, 0.6) is 0 Å². The largest absolute Gasteiger partial charge is 0.371 e. The highest BCUT2D eigenvalue weighted by atomic mass is 16.1. The summed E-state index contributed by atoms with van der Waals surface area (Å²) in [5.74, 6) is 0.130. The summed E-state index contributed by atoms with van der Waals surface area (Å²) in [5, 5.41) is 7.38. The molecule has 1 heterocycles. The van der Waals surface area contributed by atoms with Gasteiger partial charge < -0.3 is 4.90 Å². The minimum Gasteiger partial charge on any atom is -0.371 e. The number of carbonyl (C=O) groups is 1. The molecule has 0 aliphatic carbocycles. The average molecular weight is 299 g/mol. The number of rotatable bonds is 2. The van der Waals surface area contributed by atoms with Gasteiger partial charge in [0, 0.05) is 29.7 Å². The minimum absolute atomic E-state index is 0.130. The second-order valence-corrected chi connectivity index (χ2v) is 6.52. The lowest BCUT2D eigenvalue weighted by Gasteiger charge is -2.34. The molecular formula is C21H17NO. The van der Waals surface area contributed by atoms with Crippen LogP contribution in [0.2, 0.25) is 0 Å². The lowest BCUT2D eigenvalue weighted by molar-refractivity contribution is 0.101. The monoisotopic (exact) mass is 299 g/mol. The van der Waals surface area contributed by atoms with E-state index >= 15 is 0 Å². The summed E-state index contributed by atoms with van der Waals surface area (Å²) in [6.45, 7) is 3.93. The van der Waals surface area contributed by atoms with E-state index in [2.05, 4.69) is 47.4 Å². The Morgan fingerprint density at radius 3 is 2.09 bits per heavy atom. The summed E-state index contributed by atoms with van der Waals surface area (Å²) < 4.78 is 0. The standard InChI is InChI=1S/C21H17NO/c1-13(23)16-7-5-14-3-4-15-6-10-19(22-11-2-12-22)18-9-8-17(16)20(14)21(15)18/h3-10H,2,11-12H2,1H3. The Labute approximate surface area is 134 Å². The number of benzene rings is 4. The van der Waals surface area contributed by atoms with Crippen molar-refractivity contribution in [3.8, 4) is 0 Å². The van der Waals surface area contributed by atoms with Gasteiger partial charge in [0.15, 0.2) is 5.78 Å². The summed E-state index contributed by atoms with van der Waals surface area (Å²) in [6.07, 6.45) is 1.27. The Morgan fingerprint density at radius 1 is 0.826 bits per heavy atom. The average Bonchev–Trinajstić information content (AvgIpc) is 2.51. The number of nitrogens with zero attached hydrogens (tertiary/aromatic N) is 1. The first-order chi connectivity index (χ1) is 11.2. The van der Waals surface area contributed by atoms with Crippen LogP contribution < -0.4 is 4.90 Å². The predicted molar refractivity (Wildman–Crippen MR) is 97.0 cm³/mol. The van der Waals surface area contributed by atoms with Crippen LogP contribution in [0.15, 0.2) is 48.5 Å². The van der Waals surface area contributed by atoms with Gasteiger partial charge in [0.05, 0.1) is 0 Å². The molecule has 0 atom stereocenters. The third-order valence-electron chi connectivity index (χ3n) is 5.22. The van der Waals surface area contributed by atoms with E-state index < -0.39 is 0 Å². The Balaban J connectivity index is 1.99. The zero-order valence-electron chi connectivity index (χ0n) is 13.1. The van der Waals surface area contributed by atoms with Gasteiger partial charge in [0.25, 0.3) is 0 Å². The zero-order valence-corrected chi connectivity index (χ0v) is 13.1. The smallest absolute Gasteiger partial charge is 0.160 e. The van der Waals surface area contributed by atoms with E-state index in [1.54, 1.807) is 6.92 Å². The molecule has 0 amide bonds. The molecule has 112 valence electrons. The Morgan fingerprint density at radius 2 is 1.43 bits per heavy atom. The highest BCUT2D eigenvalue weighted by Gasteiger charge is 2.19. The van der Waals surface area contributed by atoms with Gasteiger partial charge in [-0.2, -0.15) is 0 Å². The predicted octanol–water partition coefficient (Wildman–Crippen LogP) is 5.00. The van der Waals surface area contributed by atoms with E-state index in [0.717, 1.165) is 24.0 Å². The summed E-state index contributed by atoms with van der Waals surface area (Å²) in [4.78, 5) is 14.5.